The minimum atomic E-state index is -1.57. The summed E-state index contributed by atoms with van der Waals surface area (Å²) in [5.41, 5.74) is 2.19. The summed E-state index contributed by atoms with van der Waals surface area (Å²) in [7, 11) is 0. The number of allylic oxidation sites excluding steroid dienone is 8. The number of alkyl halides is 4. The first-order valence-electron chi connectivity index (χ1n) is 11.3. The van der Waals surface area contributed by atoms with E-state index in [4.69, 9.17) is 0 Å². The molecule has 0 saturated heterocycles. The highest BCUT2D eigenvalue weighted by Gasteiger charge is 2.40. The van der Waals surface area contributed by atoms with Crippen LogP contribution in [0.2, 0.25) is 0 Å². The normalized spacial score (nSPS) is 39.3. The molecule has 4 atom stereocenters. The first kappa shape index (κ1) is 20.9. The van der Waals surface area contributed by atoms with Crippen molar-refractivity contribution in [3.05, 3.63) is 46.6 Å². The Kier molecular flexibility index (Phi) is 6.36. The molecule has 2 fully saturated rings. The van der Waals surface area contributed by atoms with E-state index < -0.39 is 24.7 Å². The monoisotopic (exact) mass is 408 g/mol. The molecule has 0 aromatic carbocycles. The molecule has 0 spiro atoms. The Morgan fingerprint density at radius 1 is 0.517 bits per heavy atom. The third kappa shape index (κ3) is 4.14. The molecule has 4 rings (SSSR count). The summed E-state index contributed by atoms with van der Waals surface area (Å²) in [4.78, 5) is 0. The van der Waals surface area contributed by atoms with Gasteiger partial charge in [-0.05, 0) is 85.5 Å². The van der Waals surface area contributed by atoms with Gasteiger partial charge in [-0.3, -0.25) is 0 Å². The van der Waals surface area contributed by atoms with Crippen molar-refractivity contribution in [1.29, 1.82) is 0 Å². The molecular formula is C25H32F4. The van der Waals surface area contributed by atoms with Crippen LogP contribution in [0.4, 0.5) is 17.6 Å². The lowest BCUT2D eigenvalue weighted by Crippen LogP contribution is -2.34. The first-order chi connectivity index (χ1) is 14.0. The molecule has 4 unspecified atom stereocenters. The molecule has 0 aromatic heterocycles. The Hall–Kier alpha value is -1.32. The average Bonchev–Trinajstić information content (AvgIpc) is 2.75. The van der Waals surface area contributed by atoms with E-state index in [-0.39, 0.29) is 17.8 Å². The molecule has 0 aromatic rings. The molecule has 0 nitrogen and oxygen atoms in total. The molecular weight excluding hydrogens is 376 g/mol. The molecule has 160 valence electrons. The van der Waals surface area contributed by atoms with Crippen LogP contribution in [0.5, 0.6) is 0 Å². The second-order valence-corrected chi connectivity index (χ2v) is 9.40. The molecule has 0 radical (unpaired) electrons. The van der Waals surface area contributed by atoms with Crippen molar-refractivity contribution < 1.29 is 17.6 Å². The second kappa shape index (κ2) is 8.81. The van der Waals surface area contributed by atoms with Crippen LogP contribution in [0.3, 0.4) is 0 Å². The average molecular weight is 409 g/mol. The molecule has 4 aliphatic carbocycles. The summed E-state index contributed by atoms with van der Waals surface area (Å²) >= 11 is 0. The van der Waals surface area contributed by atoms with Crippen molar-refractivity contribution in [2.24, 2.45) is 17.8 Å². The van der Waals surface area contributed by atoms with Gasteiger partial charge in [0.05, 0.1) is 0 Å². The van der Waals surface area contributed by atoms with Crippen molar-refractivity contribution in [3.63, 3.8) is 0 Å². The Bertz CT molecular complexity index is 717. The van der Waals surface area contributed by atoms with Gasteiger partial charge in [-0.25, -0.2) is 17.6 Å². The highest BCUT2D eigenvalue weighted by molar-refractivity contribution is 5.36. The van der Waals surface area contributed by atoms with Gasteiger partial charge in [0.1, 0.15) is 0 Å². The number of halogens is 4. The van der Waals surface area contributed by atoms with E-state index in [1.54, 1.807) is 19.1 Å². The summed E-state index contributed by atoms with van der Waals surface area (Å²) in [5, 5.41) is 0. The van der Waals surface area contributed by atoms with Crippen LogP contribution in [-0.4, -0.2) is 24.7 Å². The third-order valence-corrected chi connectivity index (χ3v) is 7.66. The maximum atomic E-state index is 15.0. The largest absolute Gasteiger partial charge is 0.239 e. The van der Waals surface area contributed by atoms with Gasteiger partial charge in [0.2, 0.25) is 0 Å². The summed E-state index contributed by atoms with van der Waals surface area (Å²) < 4.78 is 58.5. The predicted molar refractivity (Wildman–Crippen MR) is 110 cm³/mol. The minimum Gasteiger partial charge on any atom is -0.239 e. The summed E-state index contributed by atoms with van der Waals surface area (Å²) in [6, 6.07) is 0. The maximum Gasteiger partial charge on any atom is 0.157 e. The number of hydrogen-bond acceptors (Lipinski definition) is 0. The molecule has 2 saturated carbocycles. The zero-order chi connectivity index (χ0) is 20.5. The van der Waals surface area contributed by atoms with Gasteiger partial charge < -0.3 is 0 Å². The summed E-state index contributed by atoms with van der Waals surface area (Å²) in [6.07, 6.45) is 9.05. The van der Waals surface area contributed by atoms with E-state index >= 15 is 4.39 Å². The van der Waals surface area contributed by atoms with E-state index in [0.717, 1.165) is 25.7 Å². The standard InChI is InChI=1S/C25H32F4/c1-15-7-12-19(23(27)22(15)26)17-8-10-18(11-9-17)21-14-13-20(24(28)25(21)29)16-5-3-2-4-6-16/h7,12-14,16-18,22-25H,2-6,8-11H2,1H3. The van der Waals surface area contributed by atoms with Crippen molar-refractivity contribution in [2.45, 2.75) is 89.4 Å². The van der Waals surface area contributed by atoms with Crippen LogP contribution in [0.25, 0.3) is 0 Å². The van der Waals surface area contributed by atoms with E-state index in [1.165, 1.54) is 6.42 Å². The fourth-order valence-electron chi connectivity index (χ4n) is 5.81. The summed E-state index contributed by atoms with van der Waals surface area (Å²) in [6.45, 7) is 1.61. The van der Waals surface area contributed by atoms with Crippen molar-refractivity contribution in [3.8, 4) is 0 Å². The summed E-state index contributed by atoms with van der Waals surface area (Å²) in [5.74, 6) is 0.195. The molecule has 4 aliphatic rings. The van der Waals surface area contributed by atoms with Gasteiger partial charge in [0.25, 0.3) is 0 Å². The third-order valence-electron chi connectivity index (χ3n) is 7.66. The maximum absolute atomic E-state index is 15.0. The van der Waals surface area contributed by atoms with Crippen LogP contribution < -0.4 is 0 Å². The lowest BCUT2D eigenvalue weighted by atomic mass is 9.70. The molecule has 0 aliphatic heterocycles. The molecule has 0 bridgehead atoms. The van der Waals surface area contributed by atoms with Crippen LogP contribution in [0.15, 0.2) is 46.6 Å². The van der Waals surface area contributed by atoms with E-state index in [9.17, 15) is 13.2 Å². The second-order valence-electron chi connectivity index (χ2n) is 9.40. The predicted octanol–water partition coefficient (Wildman–Crippen LogP) is 7.48. The molecule has 29 heavy (non-hydrogen) atoms. The van der Waals surface area contributed by atoms with E-state index in [2.05, 4.69) is 0 Å². The number of hydrogen-bond donors (Lipinski definition) is 0. The van der Waals surface area contributed by atoms with Gasteiger partial charge >= 0.3 is 0 Å². The number of rotatable bonds is 3. The van der Waals surface area contributed by atoms with Gasteiger partial charge in [-0.1, -0.05) is 43.6 Å². The Morgan fingerprint density at radius 3 is 1.38 bits per heavy atom. The van der Waals surface area contributed by atoms with Crippen LogP contribution in [0, 0.1) is 17.8 Å². The highest BCUT2D eigenvalue weighted by atomic mass is 19.2. The molecule has 0 amide bonds. The van der Waals surface area contributed by atoms with Gasteiger partial charge in [-0.15, -0.1) is 0 Å². The first-order valence-corrected chi connectivity index (χ1v) is 11.3. The van der Waals surface area contributed by atoms with Crippen LogP contribution >= 0.6 is 0 Å². The topological polar surface area (TPSA) is 0 Å². The smallest absolute Gasteiger partial charge is 0.157 e. The zero-order valence-electron chi connectivity index (χ0n) is 17.2. The highest BCUT2D eigenvalue weighted by Crippen LogP contribution is 2.45. The van der Waals surface area contributed by atoms with Crippen LogP contribution in [-0.2, 0) is 0 Å². The van der Waals surface area contributed by atoms with Crippen molar-refractivity contribution in [2.75, 3.05) is 0 Å². The van der Waals surface area contributed by atoms with Gasteiger partial charge in [0.15, 0.2) is 24.7 Å². The minimum absolute atomic E-state index is 0.000571. The lowest BCUT2D eigenvalue weighted by molar-refractivity contribution is 0.173. The quantitative estimate of drug-likeness (QED) is 0.425. The lowest BCUT2D eigenvalue weighted by Gasteiger charge is -2.37. The van der Waals surface area contributed by atoms with Crippen molar-refractivity contribution >= 4 is 0 Å². The Labute approximate surface area is 171 Å². The van der Waals surface area contributed by atoms with E-state index in [0.29, 0.717) is 48.0 Å². The Balaban J connectivity index is 1.42. The van der Waals surface area contributed by atoms with E-state index in [1.807, 2.05) is 12.2 Å². The molecule has 0 N–H and O–H groups in total. The van der Waals surface area contributed by atoms with Crippen LogP contribution in [0.1, 0.15) is 64.7 Å². The zero-order valence-corrected chi connectivity index (χ0v) is 17.2. The Morgan fingerprint density at radius 2 is 0.897 bits per heavy atom. The van der Waals surface area contributed by atoms with Crippen molar-refractivity contribution in [1.82, 2.24) is 0 Å². The molecule has 4 heteroatoms. The van der Waals surface area contributed by atoms with Gasteiger partial charge in [0, 0.05) is 0 Å². The SMILES string of the molecule is CC1=CC=C(C2CCC(C3=CC=C(C4CCCCC4)C(F)C3F)CC2)C(F)C1F. The fraction of sp³-hybridized carbons (Fsp3) is 0.680. The van der Waals surface area contributed by atoms with Gasteiger partial charge in [-0.2, -0.15) is 0 Å². The fourth-order valence-corrected chi connectivity index (χ4v) is 5.81. The molecule has 0 heterocycles.